The molecular weight excluding hydrogens is 428 g/mol. The number of benzene rings is 2. The van der Waals surface area contributed by atoms with E-state index in [0.29, 0.717) is 24.2 Å². The van der Waals surface area contributed by atoms with E-state index in [1.165, 1.54) is 0 Å². The molecule has 0 atom stereocenters. The molecule has 0 unspecified atom stereocenters. The Balaban J connectivity index is 1.52. The number of aromatic nitrogens is 4. The third-order valence-electron chi connectivity index (χ3n) is 5.63. The minimum absolute atomic E-state index is 0.352. The molecule has 0 saturated carbocycles. The summed E-state index contributed by atoms with van der Waals surface area (Å²) in [6.07, 6.45) is 4.86. The zero-order valence-corrected chi connectivity index (χ0v) is 20.3. The Kier molecular flexibility index (Phi) is 7.57. The fraction of sp³-hybridized carbons (Fsp3) is 0.385. The van der Waals surface area contributed by atoms with Crippen molar-refractivity contribution < 1.29 is 9.47 Å². The van der Waals surface area contributed by atoms with E-state index in [9.17, 15) is 0 Å². The van der Waals surface area contributed by atoms with Gasteiger partial charge in [-0.15, -0.1) is 10.2 Å². The Morgan fingerprint density at radius 3 is 2.76 bits per heavy atom. The van der Waals surface area contributed by atoms with Crippen LogP contribution in [0.5, 0.6) is 11.5 Å². The van der Waals surface area contributed by atoms with Crippen molar-refractivity contribution in [1.82, 2.24) is 19.7 Å². The van der Waals surface area contributed by atoms with Crippen LogP contribution in [-0.4, -0.2) is 39.7 Å². The molecule has 0 fully saturated rings. The average molecular weight is 461 g/mol. The number of nitrogens with zero attached hydrogens (tertiary/aromatic N) is 5. The van der Waals surface area contributed by atoms with E-state index in [1.54, 1.807) is 13.3 Å². The van der Waals surface area contributed by atoms with Crippen molar-refractivity contribution in [2.24, 2.45) is 11.0 Å². The first kappa shape index (κ1) is 23.5. The van der Waals surface area contributed by atoms with Crippen molar-refractivity contribution in [3.05, 3.63) is 48.0 Å². The molecule has 178 valence electrons. The lowest BCUT2D eigenvalue weighted by Crippen LogP contribution is -2.04. The van der Waals surface area contributed by atoms with Crippen LogP contribution in [0.15, 0.2) is 47.6 Å². The smallest absolute Gasteiger partial charge is 0.265 e. The Hall–Kier alpha value is -3.68. The highest BCUT2D eigenvalue weighted by molar-refractivity contribution is 6.04. The van der Waals surface area contributed by atoms with Gasteiger partial charge in [-0.05, 0) is 48.6 Å². The van der Waals surface area contributed by atoms with Crippen LogP contribution in [0.2, 0.25) is 0 Å². The summed E-state index contributed by atoms with van der Waals surface area (Å²) in [6.45, 7) is 8.07. The highest BCUT2D eigenvalue weighted by atomic mass is 16.5. The lowest BCUT2D eigenvalue weighted by Gasteiger charge is -2.12. The molecule has 0 amide bonds. The van der Waals surface area contributed by atoms with Crippen molar-refractivity contribution in [3.63, 3.8) is 0 Å². The summed E-state index contributed by atoms with van der Waals surface area (Å²) in [5.74, 6) is 2.34. The number of ether oxygens (including phenoxy) is 2. The maximum absolute atomic E-state index is 5.86. The molecule has 2 aromatic carbocycles. The maximum atomic E-state index is 5.86. The summed E-state index contributed by atoms with van der Waals surface area (Å²) in [5.41, 5.74) is 6.52. The maximum Gasteiger partial charge on any atom is 0.265 e. The summed E-state index contributed by atoms with van der Waals surface area (Å²) >= 11 is 0. The standard InChI is InChI=1S/C26H32N6O2/c1-5-6-14-32-21-10-8-7-9-20(21)24-25(32)28-26(31-29-24)30-27-17-19-11-12-22(23(16-19)33-4)34-15-13-18(2)3/h7-12,16-18H,5-6,13-15H2,1-4H3,(H,28,30,31)/b27-17+. The molecule has 0 radical (unpaired) electrons. The van der Waals surface area contributed by atoms with E-state index in [-0.39, 0.29) is 0 Å². The topological polar surface area (TPSA) is 86.5 Å². The summed E-state index contributed by atoms with van der Waals surface area (Å²) in [4.78, 5) is 4.71. The fourth-order valence-electron chi connectivity index (χ4n) is 3.75. The number of hydrogen-bond donors (Lipinski definition) is 1. The van der Waals surface area contributed by atoms with Gasteiger partial charge in [0.05, 0.1) is 25.4 Å². The van der Waals surface area contributed by atoms with Crippen LogP contribution < -0.4 is 14.9 Å². The molecule has 1 N–H and O–H groups in total. The summed E-state index contributed by atoms with van der Waals surface area (Å²) in [5, 5.41) is 14.0. The normalized spacial score (nSPS) is 11.7. The minimum atomic E-state index is 0.352. The van der Waals surface area contributed by atoms with Crippen LogP contribution >= 0.6 is 0 Å². The molecule has 4 aromatic rings. The number of anilines is 1. The molecule has 8 nitrogen and oxygen atoms in total. The van der Waals surface area contributed by atoms with Crippen molar-refractivity contribution in [2.45, 2.75) is 46.6 Å². The summed E-state index contributed by atoms with van der Waals surface area (Å²) < 4.78 is 13.6. The fourth-order valence-corrected chi connectivity index (χ4v) is 3.75. The molecule has 0 aliphatic heterocycles. The van der Waals surface area contributed by atoms with Crippen LogP contribution in [0, 0.1) is 5.92 Å². The number of para-hydroxylation sites is 1. The van der Waals surface area contributed by atoms with E-state index in [1.807, 2.05) is 30.3 Å². The SMILES string of the molecule is CCCCn1c2ccccc2c2nnc(N/N=C/c3ccc(OCCC(C)C)c(OC)c3)nc21. The van der Waals surface area contributed by atoms with Gasteiger partial charge in [0.1, 0.15) is 5.52 Å². The van der Waals surface area contributed by atoms with Crippen molar-refractivity contribution in [2.75, 3.05) is 19.1 Å². The first-order chi connectivity index (χ1) is 16.6. The minimum Gasteiger partial charge on any atom is -0.493 e. The number of fused-ring (bicyclic) bond motifs is 3. The van der Waals surface area contributed by atoms with E-state index < -0.39 is 0 Å². The first-order valence-corrected chi connectivity index (χ1v) is 11.8. The molecule has 34 heavy (non-hydrogen) atoms. The van der Waals surface area contributed by atoms with Crippen molar-refractivity contribution in [1.29, 1.82) is 0 Å². The lowest BCUT2D eigenvalue weighted by molar-refractivity contribution is 0.273. The molecule has 0 aliphatic carbocycles. The Bertz CT molecular complexity index is 1280. The Morgan fingerprint density at radius 1 is 1.12 bits per heavy atom. The van der Waals surface area contributed by atoms with Crippen molar-refractivity contribution >= 4 is 34.2 Å². The van der Waals surface area contributed by atoms with Gasteiger partial charge >= 0.3 is 0 Å². The van der Waals surface area contributed by atoms with E-state index in [2.05, 4.69) is 58.2 Å². The molecule has 0 aliphatic rings. The van der Waals surface area contributed by atoms with Gasteiger partial charge in [-0.25, -0.2) is 5.43 Å². The average Bonchev–Trinajstić information content (AvgIpc) is 3.16. The number of aryl methyl sites for hydroxylation is 1. The lowest BCUT2D eigenvalue weighted by atomic mass is 10.1. The third-order valence-corrected chi connectivity index (χ3v) is 5.63. The molecule has 2 aromatic heterocycles. The number of unbranched alkanes of at least 4 members (excludes halogenated alkanes) is 1. The molecule has 4 rings (SSSR count). The van der Waals surface area contributed by atoms with Gasteiger partial charge in [-0.1, -0.05) is 45.4 Å². The third kappa shape index (κ3) is 5.27. The second kappa shape index (κ2) is 11.0. The Labute approximate surface area is 200 Å². The highest BCUT2D eigenvalue weighted by Gasteiger charge is 2.14. The highest BCUT2D eigenvalue weighted by Crippen LogP contribution is 2.28. The largest absolute Gasteiger partial charge is 0.493 e. The predicted molar refractivity (Wildman–Crippen MR) is 137 cm³/mol. The van der Waals surface area contributed by atoms with E-state index in [4.69, 9.17) is 14.5 Å². The molecule has 2 heterocycles. The summed E-state index contributed by atoms with van der Waals surface area (Å²) in [6, 6.07) is 13.9. The van der Waals surface area contributed by atoms with E-state index >= 15 is 0 Å². The van der Waals surface area contributed by atoms with Gasteiger partial charge in [0.25, 0.3) is 5.95 Å². The zero-order valence-electron chi connectivity index (χ0n) is 20.3. The van der Waals surface area contributed by atoms with Crippen LogP contribution in [0.1, 0.15) is 45.6 Å². The number of rotatable bonds is 11. The second-order valence-electron chi connectivity index (χ2n) is 8.64. The molecule has 0 bridgehead atoms. The molecular formula is C26H32N6O2. The Morgan fingerprint density at radius 2 is 1.97 bits per heavy atom. The van der Waals surface area contributed by atoms with E-state index in [0.717, 1.165) is 59.2 Å². The predicted octanol–water partition coefficient (Wildman–Crippen LogP) is 5.66. The number of hydrazone groups is 1. The van der Waals surface area contributed by atoms with Gasteiger partial charge in [0, 0.05) is 11.9 Å². The molecule has 8 heteroatoms. The quantitative estimate of drug-likeness (QED) is 0.230. The van der Waals surface area contributed by atoms with Crippen LogP contribution in [-0.2, 0) is 6.54 Å². The van der Waals surface area contributed by atoms with Gasteiger partial charge < -0.3 is 14.0 Å². The molecule has 0 saturated heterocycles. The van der Waals surface area contributed by atoms with Crippen LogP contribution in [0.25, 0.3) is 22.1 Å². The number of hydrogen-bond acceptors (Lipinski definition) is 7. The van der Waals surface area contributed by atoms with Crippen LogP contribution in [0.3, 0.4) is 0 Å². The number of methoxy groups -OCH3 is 1. The first-order valence-electron chi connectivity index (χ1n) is 11.8. The van der Waals surface area contributed by atoms with Crippen molar-refractivity contribution in [3.8, 4) is 11.5 Å². The van der Waals surface area contributed by atoms with Gasteiger partial charge in [-0.2, -0.15) is 10.1 Å². The van der Waals surface area contributed by atoms with Gasteiger partial charge in [0.15, 0.2) is 17.1 Å². The zero-order chi connectivity index (χ0) is 23.9. The van der Waals surface area contributed by atoms with Gasteiger partial charge in [-0.3, -0.25) is 0 Å². The second-order valence-corrected chi connectivity index (χ2v) is 8.64. The number of nitrogens with one attached hydrogen (secondary N) is 1. The summed E-state index contributed by atoms with van der Waals surface area (Å²) in [7, 11) is 1.64. The molecule has 0 spiro atoms. The van der Waals surface area contributed by atoms with Crippen LogP contribution in [0.4, 0.5) is 5.95 Å². The monoisotopic (exact) mass is 460 g/mol. The van der Waals surface area contributed by atoms with Gasteiger partial charge in [0.2, 0.25) is 0 Å².